The molecule has 0 aliphatic rings. The molecule has 4 nitrogen and oxygen atoms in total. The highest BCUT2D eigenvalue weighted by Gasteiger charge is 2.29. The van der Waals surface area contributed by atoms with E-state index in [0.717, 1.165) is 11.1 Å². The summed E-state index contributed by atoms with van der Waals surface area (Å²) in [4.78, 5) is 27.9. The van der Waals surface area contributed by atoms with Crippen molar-refractivity contribution in [2.45, 2.75) is 24.8 Å². The summed E-state index contributed by atoms with van der Waals surface area (Å²) < 4.78 is 14.1. The molecule has 34 heavy (non-hydrogen) atoms. The Morgan fingerprint density at radius 1 is 1.00 bits per heavy atom. The Morgan fingerprint density at radius 2 is 1.71 bits per heavy atom. The van der Waals surface area contributed by atoms with Crippen molar-refractivity contribution in [3.63, 3.8) is 0 Å². The van der Waals surface area contributed by atoms with Gasteiger partial charge in [0.15, 0.2) is 0 Å². The van der Waals surface area contributed by atoms with E-state index in [1.807, 2.05) is 36.4 Å². The Labute approximate surface area is 213 Å². The van der Waals surface area contributed by atoms with Crippen LogP contribution in [0.1, 0.15) is 16.7 Å². The van der Waals surface area contributed by atoms with Gasteiger partial charge in [-0.2, -0.15) is 0 Å². The average molecular weight is 519 g/mol. The summed E-state index contributed by atoms with van der Waals surface area (Å²) in [5, 5.41) is 3.55. The molecular weight excluding hydrogens is 494 g/mol. The fourth-order valence-electron chi connectivity index (χ4n) is 3.55. The largest absolute Gasteiger partial charge is 0.357 e. The highest BCUT2D eigenvalue weighted by atomic mass is 35.5. The van der Waals surface area contributed by atoms with E-state index >= 15 is 0 Å². The van der Waals surface area contributed by atoms with Crippen LogP contribution < -0.4 is 5.32 Å². The van der Waals surface area contributed by atoms with Gasteiger partial charge in [0.25, 0.3) is 0 Å². The molecule has 1 N–H and O–H groups in total. The van der Waals surface area contributed by atoms with E-state index in [-0.39, 0.29) is 29.9 Å². The number of hydrogen-bond donors (Lipinski definition) is 1. The summed E-state index contributed by atoms with van der Waals surface area (Å²) in [5.74, 6) is -0.599. The Bertz CT molecular complexity index is 1110. The predicted octanol–water partition coefficient (Wildman–Crippen LogP) is 5.75. The van der Waals surface area contributed by atoms with Crippen LogP contribution in [0.25, 0.3) is 0 Å². The molecule has 3 aromatic rings. The van der Waals surface area contributed by atoms with Gasteiger partial charge in [-0.1, -0.05) is 71.7 Å². The van der Waals surface area contributed by atoms with Gasteiger partial charge in [0.1, 0.15) is 11.9 Å². The van der Waals surface area contributed by atoms with Crippen LogP contribution in [0.4, 0.5) is 4.39 Å². The number of amides is 2. The molecule has 0 aromatic heterocycles. The monoisotopic (exact) mass is 518 g/mol. The second-order valence-electron chi connectivity index (χ2n) is 7.66. The molecule has 1 unspecified atom stereocenters. The van der Waals surface area contributed by atoms with Crippen LogP contribution in [-0.4, -0.2) is 35.6 Å². The molecule has 0 bridgehead atoms. The van der Waals surface area contributed by atoms with Crippen molar-refractivity contribution in [1.82, 2.24) is 10.2 Å². The van der Waals surface area contributed by atoms with E-state index < -0.39 is 11.9 Å². The van der Waals surface area contributed by atoms with Crippen molar-refractivity contribution < 1.29 is 14.0 Å². The third kappa shape index (κ3) is 7.23. The topological polar surface area (TPSA) is 49.4 Å². The van der Waals surface area contributed by atoms with Gasteiger partial charge < -0.3 is 10.2 Å². The highest BCUT2D eigenvalue weighted by molar-refractivity contribution is 7.99. The minimum atomic E-state index is -0.725. The summed E-state index contributed by atoms with van der Waals surface area (Å²) in [5.41, 5.74) is 2.10. The number of nitrogens with one attached hydrogen (secondary N) is 1. The van der Waals surface area contributed by atoms with Crippen LogP contribution in [0, 0.1) is 5.82 Å². The first kappa shape index (κ1) is 26.1. The average Bonchev–Trinajstić information content (AvgIpc) is 2.83. The molecule has 0 radical (unpaired) electrons. The predicted molar refractivity (Wildman–Crippen MR) is 138 cm³/mol. The van der Waals surface area contributed by atoms with Crippen LogP contribution in [0.15, 0.2) is 72.8 Å². The number of benzene rings is 3. The van der Waals surface area contributed by atoms with Crippen LogP contribution in [0.5, 0.6) is 0 Å². The first-order valence-electron chi connectivity index (χ1n) is 10.7. The zero-order valence-electron chi connectivity index (χ0n) is 18.6. The van der Waals surface area contributed by atoms with Crippen LogP contribution in [-0.2, 0) is 28.3 Å². The third-order valence-electron chi connectivity index (χ3n) is 5.29. The Balaban J connectivity index is 1.83. The number of nitrogens with zero attached hydrogens (tertiary/aromatic N) is 1. The van der Waals surface area contributed by atoms with Crippen LogP contribution in [0.3, 0.4) is 0 Å². The number of hydrogen-bond acceptors (Lipinski definition) is 3. The van der Waals surface area contributed by atoms with E-state index in [4.69, 9.17) is 23.2 Å². The number of likely N-dealkylation sites (N-methyl/N-ethyl adjacent to an activating group) is 1. The number of carbonyl (C=O) groups excluding carboxylic acids is 2. The number of rotatable bonds is 10. The van der Waals surface area contributed by atoms with Crippen molar-refractivity contribution in [1.29, 1.82) is 0 Å². The summed E-state index contributed by atoms with van der Waals surface area (Å²) in [7, 11) is 1.55. The molecule has 8 heteroatoms. The summed E-state index contributed by atoms with van der Waals surface area (Å²) in [6.45, 7) is 0.214. The maximum atomic E-state index is 14.1. The number of carbonyl (C=O) groups is 2. The molecule has 0 aliphatic heterocycles. The lowest BCUT2D eigenvalue weighted by Crippen LogP contribution is -2.50. The van der Waals surface area contributed by atoms with Crippen molar-refractivity contribution in [3.8, 4) is 0 Å². The molecule has 0 heterocycles. The highest BCUT2D eigenvalue weighted by Crippen LogP contribution is 2.25. The summed E-state index contributed by atoms with van der Waals surface area (Å²) in [6.07, 6.45) is 0.358. The van der Waals surface area contributed by atoms with Gasteiger partial charge in [-0.05, 0) is 35.4 Å². The third-order valence-corrected chi connectivity index (χ3v) is 6.83. The molecule has 0 fully saturated rings. The van der Waals surface area contributed by atoms with Gasteiger partial charge in [0.2, 0.25) is 11.8 Å². The second-order valence-corrected chi connectivity index (χ2v) is 9.49. The minimum absolute atomic E-state index is 0.0630. The molecule has 0 spiro atoms. The van der Waals surface area contributed by atoms with E-state index in [1.54, 1.807) is 42.3 Å². The van der Waals surface area contributed by atoms with Crippen molar-refractivity contribution >= 4 is 46.8 Å². The lowest BCUT2D eigenvalue weighted by Gasteiger charge is -2.31. The standard InChI is InChI=1S/C26H25Cl2FN2O2S/c1-30-26(33)24(14-18-7-3-2-4-8-18)31(15-19-9-5-10-20(27)13-19)25(32)17-34-16-21-22(28)11-6-12-23(21)29/h2-13,24H,14-17H2,1H3,(H,30,33). The SMILES string of the molecule is CNC(=O)C(Cc1ccccc1)N(Cc1cccc(Cl)c1)C(=O)CSCc1c(F)cccc1Cl. The normalized spacial score (nSPS) is 11.6. The first-order valence-corrected chi connectivity index (χ1v) is 12.6. The molecular formula is C26H25Cl2FN2O2S. The molecule has 3 aromatic carbocycles. The fourth-order valence-corrected chi connectivity index (χ4v) is 5.01. The minimum Gasteiger partial charge on any atom is -0.357 e. The Hall–Kier alpha value is -2.54. The van der Waals surface area contributed by atoms with E-state index in [1.165, 1.54) is 17.8 Å². The Kier molecular flexibility index (Phi) is 9.81. The maximum absolute atomic E-state index is 14.1. The lowest BCUT2D eigenvalue weighted by molar-refractivity contribution is -0.139. The van der Waals surface area contributed by atoms with Crippen LogP contribution in [0.2, 0.25) is 10.0 Å². The van der Waals surface area contributed by atoms with Gasteiger partial charge >= 0.3 is 0 Å². The maximum Gasteiger partial charge on any atom is 0.242 e. The molecule has 2 amide bonds. The molecule has 0 saturated carbocycles. The first-order chi connectivity index (χ1) is 16.4. The van der Waals surface area contributed by atoms with E-state index in [0.29, 0.717) is 22.0 Å². The van der Waals surface area contributed by atoms with Crippen molar-refractivity contribution in [3.05, 3.63) is 105 Å². The molecule has 178 valence electrons. The number of thioether (sulfide) groups is 1. The fraction of sp³-hybridized carbons (Fsp3) is 0.231. The molecule has 0 aliphatic carbocycles. The lowest BCUT2D eigenvalue weighted by atomic mass is 10.0. The quantitative estimate of drug-likeness (QED) is 0.371. The van der Waals surface area contributed by atoms with E-state index in [9.17, 15) is 14.0 Å². The van der Waals surface area contributed by atoms with Gasteiger partial charge in [0, 0.05) is 41.4 Å². The summed E-state index contributed by atoms with van der Waals surface area (Å²) in [6, 6.07) is 20.5. The van der Waals surface area contributed by atoms with E-state index in [2.05, 4.69) is 5.32 Å². The smallest absolute Gasteiger partial charge is 0.242 e. The zero-order chi connectivity index (χ0) is 24.5. The van der Waals surface area contributed by atoms with Gasteiger partial charge in [-0.3, -0.25) is 9.59 Å². The molecule has 1 atom stereocenters. The second kappa shape index (κ2) is 12.8. The van der Waals surface area contributed by atoms with Gasteiger partial charge in [0.05, 0.1) is 5.75 Å². The zero-order valence-corrected chi connectivity index (χ0v) is 21.0. The Morgan fingerprint density at radius 3 is 2.38 bits per heavy atom. The van der Waals surface area contributed by atoms with Crippen LogP contribution >= 0.6 is 35.0 Å². The molecule has 0 saturated heterocycles. The molecule has 3 rings (SSSR count). The summed E-state index contributed by atoms with van der Waals surface area (Å²) >= 11 is 13.5. The number of halogens is 3. The van der Waals surface area contributed by atoms with Crippen molar-refractivity contribution in [2.75, 3.05) is 12.8 Å². The van der Waals surface area contributed by atoms with Gasteiger partial charge in [-0.15, -0.1) is 11.8 Å². The van der Waals surface area contributed by atoms with Crippen molar-refractivity contribution in [2.24, 2.45) is 0 Å². The van der Waals surface area contributed by atoms with Gasteiger partial charge in [-0.25, -0.2) is 4.39 Å².